The van der Waals surface area contributed by atoms with Crippen molar-refractivity contribution in [3.05, 3.63) is 58.1 Å². The van der Waals surface area contributed by atoms with Gasteiger partial charge in [0.25, 0.3) is 0 Å². The van der Waals surface area contributed by atoms with Gasteiger partial charge in [-0.25, -0.2) is 4.79 Å². The number of rotatable bonds is 5. The summed E-state index contributed by atoms with van der Waals surface area (Å²) in [5.74, 6) is 0. The van der Waals surface area contributed by atoms with Gasteiger partial charge in [0, 0.05) is 44.3 Å². The van der Waals surface area contributed by atoms with E-state index in [1.54, 1.807) is 0 Å². The Hall–Kier alpha value is -1.78. The van der Waals surface area contributed by atoms with Crippen molar-refractivity contribution in [2.24, 2.45) is 0 Å². The number of nitrogens with zero attached hydrogens (tertiary/aromatic N) is 2. The molecule has 0 unspecified atom stereocenters. The minimum absolute atomic E-state index is 0.00365. The van der Waals surface area contributed by atoms with E-state index in [0.29, 0.717) is 6.54 Å². The zero-order chi connectivity index (χ0) is 18.2. The number of hydrogen-bond acceptors (Lipinski definition) is 2. The normalized spacial score (nSPS) is 16.5. The first-order chi connectivity index (χ1) is 12.0. The molecule has 0 radical (unpaired) electrons. The van der Waals surface area contributed by atoms with Crippen molar-refractivity contribution in [1.29, 1.82) is 0 Å². The summed E-state index contributed by atoms with van der Waals surface area (Å²) in [6, 6.07) is 5.89. The molecule has 4 nitrogen and oxygen atoms in total. The number of piperazine rings is 1. The number of carbonyl (C=O) groups excluding carboxylic acids is 1. The lowest BCUT2D eigenvalue weighted by Gasteiger charge is -2.34. The van der Waals surface area contributed by atoms with Crippen molar-refractivity contribution in [2.45, 2.75) is 27.3 Å². The summed E-state index contributed by atoms with van der Waals surface area (Å²) in [4.78, 5) is 16.6. The maximum Gasteiger partial charge on any atom is 0.317 e. The number of urea groups is 1. The largest absolute Gasteiger partial charge is 0.334 e. The van der Waals surface area contributed by atoms with Crippen LogP contribution in [0.15, 0.2) is 42.0 Å². The first-order valence-corrected chi connectivity index (χ1v) is 9.19. The van der Waals surface area contributed by atoms with E-state index in [0.717, 1.165) is 48.9 Å². The number of carbonyl (C=O) groups is 1. The summed E-state index contributed by atoms with van der Waals surface area (Å²) < 4.78 is 0. The van der Waals surface area contributed by atoms with Gasteiger partial charge in [0.1, 0.15) is 0 Å². The number of nitrogens with one attached hydrogen (secondary N) is 1. The summed E-state index contributed by atoms with van der Waals surface area (Å²) in [6.45, 7) is 10.8. The average Bonchev–Trinajstić information content (AvgIpc) is 2.62. The Balaban J connectivity index is 1.78. The predicted octanol–water partition coefficient (Wildman–Crippen LogP) is 4.00. The molecule has 0 bridgehead atoms. The fraction of sp³-hybridized carbons (Fsp3) is 0.450. The average molecular weight is 362 g/mol. The molecular weight excluding hydrogens is 334 g/mol. The summed E-state index contributed by atoms with van der Waals surface area (Å²) in [5.41, 5.74) is 3.38. The standard InChI is InChI=1S/C20H28ClN3O/c1-4-6-17(5-2)15-23-9-11-24(12-10-23)20(25)22-14-18-8-7-16(3)19(21)13-18/h4-8,13H,9-12,14-15H2,1-3H3,(H,22,25). The lowest BCUT2D eigenvalue weighted by molar-refractivity contribution is 0.145. The number of halogens is 1. The monoisotopic (exact) mass is 361 g/mol. The minimum Gasteiger partial charge on any atom is -0.334 e. The molecule has 1 aliphatic rings. The molecule has 0 saturated carbocycles. The number of amides is 2. The smallest absolute Gasteiger partial charge is 0.317 e. The van der Waals surface area contributed by atoms with Crippen LogP contribution in [-0.4, -0.2) is 48.6 Å². The van der Waals surface area contributed by atoms with E-state index < -0.39 is 0 Å². The second kappa shape index (κ2) is 9.64. The van der Waals surface area contributed by atoms with Gasteiger partial charge in [-0.05, 0) is 43.5 Å². The maximum absolute atomic E-state index is 12.4. The molecule has 0 aromatic heterocycles. The molecule has 2 rings (SSSR count). The van der Waals surface area contributed by atoms with E-state index in [1.165, 1.54) is 5.57 Å². The molecule has 0 atom stereocenters. The first kappa shape index (κ1) is 19.5. The van der Waals surface area contributed by atoms with Gasteiger partial charge in [-0.1, -0.05) is 42.0 Å². The van der Waals surface area contributed by atoms with Crippen molar-refractivity contribution in [1.82, 2.24) is 15.1 Å². The first-order valence-electron chi connectivity index (χ1n) is 8.81. The molecule has 0 spiro atoms. The molecule has 1 aromatic rings. The van der Waals surface area contributed by atoms with E-state index in [-0.39, 0.29) is 6.03 Å². The van der Waals surface area contributed by atoms with Crippen molar-refractivity contribution in [2.75, 3.05) is 32.7 Å². The Labute approximate surface area is 156 Å². The molecular formula is C20H28ClN3O. The highest BCUT2D eigenvalue weighted by Gasteiger charge is 2.20. The van der Waals surface area contributed by atoms with Crippen molar-refractivity contribution in [3.8, 4) is 0 Å². The van der Waals surface area contributed by atoms with Crippen LogP contribution >= 0.6 is 11.6 Å². The summed E-state index contributed by atoms with van der Waals surface area (Å²) in [5, 5.41) is 3.73. The van der Waals surface area contributed by atoms with E-state index in [9.17, 15) is 4.79 Å². The second-order valence-electron chi connectivity index (χ2n) is 6.37. The van der Waals surface area contributed by atoms with Crippen LogP contribution in [-0.2, 0) is 6.54 Å². The van der Waals surface area contributed by atoms with E-state index in [4.69, 9.17) is 11.6 Å². The Kier molecular flexibility index (Phi) is 7.53. The number of hydrogen-bond donors (Lipinski definition) is 1. The van der Waals surface area contributed by atoms with Crippen LogP contribution in [0.5, 0.6) is 0 Å². The number of aryl methyl sites for hydroxylation is 1. The Morgan fingerprint density at radius 1 is 1.24 bits per heavy atom. The molecule has 0 aliphatic carbocycles. The Morgan fingerprint density at radius 3 is 2.56 bits per heavy atom. The topological polar surface area (TPSA) is 35.6 Å². The van der Waals surface area contributed by atoms with Crippen LogP contribution in [0.3, 0.4) is 0 Å². The zero-order valence-electron chi connectivity index (χ0n) is 15.4. The van der Waals surface area contributed by atoms with Gasteiger partial charge >= 0.3 is 6.03 Å². The molecule has 136 valence electrons. The SMILES string of the molecule is CC=CC(=CC)CN1CCN(C(=O)NCc2ccc(C)c(Cl)c2)CC1. The van der Waals surface area contributed by atoms with Crippen molar-refractivity contribution >= 4 is 17.6 Å². The van der Waals surface area contributed by atoms with Crippen molar-refractivity contribution in [3.63, 3.8) is 0 Å². The van der Waals surface area contributed by atoms with Gasteiger partial charge in [0.05, 0.1) is 0 Å². The molecule has 1 saturated heterocycles. The molecule has 1 N–H and O–H groups in total. The second-order valence-corrected chi connectivity index (χ2v) is 6.78. The fourth-order valence-electron chi connectivity index (χ4n) is 2.86. The van der Waals surface area contributed by atoms with E-state index in [2.05, 4.69) is 35.4 Å². The molecule has 1 aliphatic heterocycles. The number of benzene rings is 1. The van der Waals surface area contributed by atoms with Gasteiger partial charge in [-0.2, -0.15) is 0 Å². The minimum atomic E-state index is -0.00365. The highest BCUT2D eigenvalue weighted by Crippen LogP contribution is 2.16. The van der Waals surface area contributed by atoms with E-state index in [1.807, 2.05) is 36.9 Å². The summed E-state index contributed by atoms with van der Waals surface area (Å²) >= 11 is 6.13. The Bertz CT molecular complexity index is 646. The van der Waals surface area contributed by atoms with Crippen LogP contribution in [0, 0.1) is 6.92 Å². The summed E-state index contributed by atoms with van der Waals surface area (Å²) in [6.07, 6.45) is 6.36. The van der Waals surface area contributed by atoms with Crippen molar-refractivity contribution < 1.29 is 4.79 Å². The van der Waals surface area contributed by atoms with Gasteiger partial charge in [-0.3, -0.25) is 4.90 Å². The highest BCUT2D eigenvalue weighted by atomic mass is 35.5. The molecule has 1 aromatic carbocycles. The van der Waals surface area contributed by atoms with Gasteiger partial charge in [0.2, 0.25) is 0 Å². The van der Waals surface area contributed by atoms with Crippen LogP contribution in [0.1, 0.15) is 25.0 Å². The highest BCUT2D eigenvalue weighted by molar-refractivity contribution is 6.31. The van der Waals surface area contributed by atoms with Crippen LogP contribution < -0.4 is 5.32 Å². The Morgan fingerprint density at radius 2 is 1.96 bits per heavy atom. The van der Waals surface area contributed by atoms with Crippen LogP contribution in [0.4, 0.5) is 4.79 Å². The number of allylic oxidation sites excluding steroid dienone is 2. The van der Waals surface area contributed by atoms with Gasteiger partial charge in [-0.15, -0.1) is 0 Å². The third-order valence-electron chi connectivity index (χ3n) is 4.50. The lowest BCUT2D eigenvalue weighted by Crippen LogP contribution is -2.51. The molecule has 5 heteroatoms. The molecule has 25 heavy (non-hydrogen) atoms. The predicted molar refractivity (Wildman–Crippen MR) is 105 cm³/mol. The zero-order valence-corrected chi connectivity index (χ0v) is 16.1. The molecule has 1 heterocycles. The maximum atomic E-state index is 12.4. The molecule has 1 fully saturated rings. The lowest BCUT2D eigenvalue weighted by atomic mass is 10.1. The fourth-order valence-corrected chi connectivity index (χ4v) is 3.06. The molecule has 2 amide bonds. The quantitative estimate of drug-likeness (QED) is 0.804. The summed E-state index contributed by atoms with van der Waals surface area (Å²) in [7, 11) is 0. The van der Waals surface area contributed by atoms with Crippen LogP contribution in [0.25, 0.3) is 0 Å². The van der Waals surface area contributed by atoms with Gasteiger partial charge < -0.3 is 10.2 Å². The van der Waals surface area contributed by atoms with E-state index >= 15 is 0 Å². The third kappa shape index (κ3) is 5.91. The van der Waals surface area contributed by atoms with Gasteiger partial charge in [0.15, 0.2) is 0 Å². The van der Waals surface area contributed by atoms with Crippen LogP contribution in [0.2, 0.25) is 5.02 Å². The third-order valence-corrected chi connectivity index (χ3v) is 4.90.